The molecule has 2 aliphatic rings. The molecule has 188 valence electrons. The van der Waals surface area contributed by atoms with Crippen molar-refractivity contribution in [3.8, 4) is 0 Å². The molecule has 9 nitrogen and oxygen atoms in total. The Bertz CT molecular complexity index is 1080. The SMILES string of the molecule is CC(=O)N1CCN(c2nc(N[C@H](C)c3ccc(CN(C)C)cc3)c3c(n2)C(=O)N(C(C)C)C3)CC1. The molecule has 3 heterocycles. The molecule has 35 heavy (non-hydrogen) atoms. The lowest BCUT2D eigenvalue weighted by Gasteiger charge is -2.34. The number of anilines is 2. The zero-order valence-corrected chi connectivity index (χ0v) is 21.7. The average molecular weight is 480 g/mol. The van der Waals surface area contributed by atoms with Gasteiger partial charge in [-0.2, -0.15) is 4.98 Å². The molecular weight excluding hydrogens is 442 g/mol. The van der Waals surface area contributed by atoms with Crippen LogP contribution in [0.25, 0.3) is 0 Å². The number of aromatic nitrogens is 2. The summed E-state index contributed by atoms with van der Waals surface area (Å²) >= 11 is 0. The maximum Gasteiger partial charge on any atom is 0.273 e. The minimum atomic E-state index is -0.0511. The summed E-state index contributed by atoms with van der Waals surface area (Å²) in [6.45, 7) is 11.7. The van der Waals surface area contributed by atoms with Gasteiger partial charge in [0, 0.05) is 57.3 Å². The van der Waals surface area contributed by atoms with Crippen molar-refractivity contribution in [1.82, 2.24) is 24.7 Å². The number of benzene rings is 1. The first-order valence-corrected chi connectivity index (χ1v) is 12.4. The van der Waals surface area contributed by atoms with Crippen LogP contribution in [0.5, 0.6) is 0 Å². The van der Waals surface area contributed by atoms with E-state index in [2.05, 4.69) is 60.4 Å². The van der Waals surface area contributed by atoms with Crippen molar-refractivity contribution in [3.63, 3.8) is 0 Å². The first-order chi connectivity index (χ1) is 16.6. The number of rotatable bonds is 7. The van der Waals surface area contributed by atoms with Crippen molar-refractivity contribution in [2.24, 2.45) is 0 Å². The third kappa shape index (κ3) is 5.40. The molecule has 9 heteroatoms. The molecule has 2 amide bonds. The van der Waals surface area contributed by atoms with Crippen LogP contribution in [0.3, 0.4) is 0 Å². The number of fused-ring (bicyclic) bond motifs is 1. The predicted molar refractivity (Wildman–Crippen MR) is 137 cm³/mol. The molecular formula is C26H37N7O2. The van der Waals surface area contributed by atoms with E-state index in [9.17, 15) is 9.59 Å². The molecule has 0 spiro atoms. The predicted octanol–water partition coefficient (Wildman–Crippen LogP) is 2.74. The van der Waals surface area contributed by atoms with Crippen LogP contribution in [0, 0.1) is 0 Å². The van der Waals surface area contributed by atoms with E-state index in [0.29, 0.717) is 50.2 Å². The van der Waals surface area contributed by atoms with E-state index < -0.39 is 0 Å². The van der Waals surface area contributed by atoms with E-state index in [0.717, 1.165) is 17.7 Å². The second-order valence-electron chi connectivity index (χ2n) is 10.1. The van der Waals surface area contributed by atoms with Gasteiger partial charge in [0.25, 0.3) is 5.91 Å². The Morgan fingerprint density at radius 2 is 1.71 bits per heavy atom. The summed E-state index contributed by atoms with van der Waals surface area (Å²) in [7, 11) is 4.13. The molecule has 4 rings (SSSR count). The quantitative estimate of drug-likeness (QED) is 0.654. The number of piperazine rings is 1. The zero-order valence-electron chi connectivity index (χ0n) is 21.7. The highest BCUT2D eigenvalue weighted by atomic mass is 16.2. The number of hydrogen-bond acceptors (Lipinski definition) is 7. The Balaban J connectivity index is 1.61. The fourth-order valence-electron chi connectivity index (χ4n) is 4.64. The van der Waals surface area contributed by atoms with Crippen LogP contribution in [-0.2, 0) is 17.9 Å². The van der Waals surface area contributed by atoms with Gasteiger partial charge in [0.15, 0.2) is 0 Å². The molecule has 2 aromatic rings. The molecule has 0 unspecified atom stereocenters. The highest BCUT2D eigenvalue weighted by Gasteiger charge is 2.35. The van der Waals surface area contributed by atoms with Crippen LogP contribution in [0.1, 0.15) is 60.9 Å². The van der Waals surface area contributed by atoms with Crippen molar-refractivity contribution in [2.75, 3.05) is 50.5 Å². The fourth-order valence-corrected chi connectivity index (χ4v) is 4.64. The molecule has 0 radical (unpaired) electrons. The lowest BCUT2D eigenvalue weighted by molar-refractivity contribution is -0.129. The maximum absolute atomic E-state index is 13.2. The number of carbonyl (C=O) groups is 2. The zero-order chi connectivity index (χ0) is 25.3. The summed E-state index contributed by atoms with van der Waals surface area (Å²) in [5, 5.41) is 3.57. The summed E-state index contributed by atoms with van der Waals surface area (Å²) in [5.74, 6) is 1.28. The summed E-state index contributed by atoms with van der Waals surface area (Å²) in [6, 6.07) is 8.68. The van der Waals surface area contributed by atoms with Gasteiger partial charge in [0.05, 0.1) is 6.54 Å². The van der Waals surface area contributed by atoms with Crippen LogP contribution in [0.4, 0.5) is 11.8 Å². The Morgan fingerprint density at radius 3 is 2.29 bits per heavy atom. The van der Waals surface area contributed by atoms with E-state index in [1.54, 1.807) is 6.92 Å². The summed E-state index contributed by atoms with van der Waals surface area (Å²) in [4.78, 5) is 42.4. The monoisotopic (exact) mass is 479 g/mol. The van der Waals surface area contributed by atoms with Crippen molar-refractivity contribution in [3.05, 3.63) is 46.6 Å². The molecule has 1 N–H and O–H groups in total. The van der Waals surface area contributed by atoms with Crippen molar-refractivity contribution < 1.29 is 9.59 Å². The van der Waals surface area contributed by atoms with Gasteiger partial charge in [-0.3, -0.25) is 9.59 Å². The average Bonchev–Trinajstić information content (AvgIpc) is 3.16. The molecule has 1 aromatic heterocycles. The van der Waals surface area contributed by atoms with E-state index in [-0.39, 0.29) is 23.9 Å². The molecule has 0 saturated carbocycles. The second-order valence-corrected chi connectivity index (χ2v) is 10.1. The Hall–Kier alpha value is -3.20. The Kier molecular flexibility index (Phi) is 7.25. The third-order valence-electron chi connectivity index (χ3n) is 6.75. The number of hydrogen-bond donors (Lipinski definition) is 1. The molecule has 0 bridgehead atoms. The van der Waals surface area contributed by atoms with E-state index in [1.165, 1.54) is 5.56 Å². The largest absolute Gasteiger partial charge is 0.363 e. The fraction of sp³-hybridized carbons (Fsp3) is 0.538. The van der Waals surface area contributed by atoms with Gasteiger partial charge in [-0.25, -0.2) is 4.98 Å². The molecule has 2 aliphatic heterocycles. The molecule has 1 atom stereocenters. The number of amides is 2. The van der Waals surface area contributed by atoms with Crippen LogP contribution < -0.4 is 10.2 Å². The van der Waals surface area contributed by atoms with Gasteiger partial charge in [0.1, 0.15) is 11.5 Å². The maximum atomic E-state index is 13.2. The van der Waals surface area contributed by atoms with Gasteiger partial charge in [-0.1, -0.05) is 24.3 Å². The first kappa shape index (κ1) is 24.9. The topological polar surface area (TPSA) is 84.9 Å². The minimum absolute atomic E-state index is 0.00742. The smallest absolute Gasteiger partial charge is 0.273 e. The summed E-state index contributed by atoms with van der Waals surface area (Å²) < 4.78 is 0. The van der Waals surface area contributed by atoms with E-state index in [1.807, 2.05) is 23.6 Å². The Morgan fingerprint density at radius 1 is 1.06 bits per heavy atom. The molecule has 1 aromatic carbocycles. The van der Waals surface area contributed by atoms with E-state index >= 15 is 0 Å². The highest BCUT2D eigenvalue weighted by Crippen LogP contribution is 2.32. The van der Waals surface area contributed by atoms with Crippen molar-refractivity contribution in [1.29, 1.82) is 0 Å². The van der Waals surface area contributed by atoms with Crippen LogP contribution in [0.2, 0.25) is 0 Å². The number of carbonyl (C=O) groups excluding carboxylic acids is 2. The van der Waals surface area contributed by atoms with Crippen LogP contribution in [-0.4, -0.2) is 82.8 Å². The molecule has 0 aliphatic carbocycles. The minimum Gasteiger partial charge on any atom is -0.363 e. The number of nitrogens with one attached hydrogen (secondary N) is 1. The van der Waals surface area contributed by atoms with Gasteiger partial charge < -0.3 is 24.9 Å². The summed E-state index contributed by atoms with van der Waals surface area (Å²) in [6.07, 6.45) is 0. The molecule has 1 saturated heterocycles. The van der Waals surface area contributed by atoms with Crippen LogP contribution in [0.15, 0.2) is 24.3 Å². The Labute approximate surface area is 208 Å². The number of nitrogens with zero attached hydrogens (tertiary/aromatic N) is 6. The first-order valence-electron chi connectivity index (χ1n) is 12.4. The van der Waals surface area contributed by atoms with Gasteiger partial charge >= 0.3 is 0 Å². The lowest BCUT2D eigenvalue weighted by atomic mass is 10.1. The highest BCUT2D eigenvalue weighted by molar-refractivity contribution is 5.98. The summed E-state index contributed by atoms with van der Waals surface area (Å²) in [5.41, 5.74) is 3.75. The third-order valence-corrected chi connectivity index (χ3v) is 6.75. The second kappa shape index (κ2) is 10.2. The van der Waals surface area contributed by atoms with Crippen LogP contribution >= 0.6 is 0 Å². The van der Waals surface area contributed by atoms with Gasteiger partial charge in [0.2, 0.25) is 11.9 Å². The lowest BCUT2D eigenvalue weighted by Crippen LogP contribution is -2.48. The van der Waals surface area contributed by atoms with Crippen molar-refractivity contribution in [2.45, 2.75) is 52.9 Å². The normalized spacial score (nSPS) is 16.8. The van der Waals surface area contributed by atoms with E-state index in [4.69, 9.17) is 9.97 Å². The standard InChI is InChI=1S/C26H37N7O2/c1-17(2)33-16-22-23(25(33)35)28-26(32-13-11-31(12-14-32)19(4)34)29-24(22)27-18(3)21-9-7-20(8-10-21)15-30(5)6/h7-10,17-18H,11-16H2,1-6H3,(H,27,28,29)/t18-/m1/s1. The van der Waals surface area contributed by atoms with Gasteiger partial charge in [-0.15, -0.1) is 0 Å². The van der Waals surface area contributed by atoms with Crippen molar-refractivity contribution >= 4 is 23.6 Å². The van der Waals surface area contributed by atoms with Gasteiger partial charge in [-0.05, 0) is 46.0 Å². The molecule has 1 fully saturated rings.